The molecular formula is C13H18BrN3. The average molecular weight is 296 g/mol. The van der Waals surface area contributed by atoms with Crippen LogP contribution in [0.1, 0.15) is 27.2 Å². The van der Waals surface area contributed by atoms with Gasteiger partial charge in [-0.1, -0.05) is 36.7 Å². The number of hydrogen-bond acceptors (Lipinski definition) is 2. The molecule has 2 aromatic rings. The summed E-state index contributed by atoms with van der Waals surface area (Å²) >= 11 is 3.49. The number of nitrogens with zero attached hydrogens (tertiary/aromatic N) is 2. The molecule has 0 atom stereocenters. The highest BCUT2D eigenvalue weighted by molar-refractivity contribution is 9.10. The molecule has 0 aliphatic carbocycles. The number of fused-ring (bicyclic) bond motifs is 1. The van der Waals surface area contributed by atoms with Crippen molar-refractivity contribution < 1.29 is 0 Å². The van der Waals surface area contributed by atoms with Gasteiger partial charge < -0.3 is 10.3 Å². The number of halogens is 1. The predicted molar refractivity (Wildman–Crippen MR) is 75.9 cm³/mol. The van der Waals surface area contributed by atoms with Crippen LogP contribution in [0.15, 0.2) is 22.7 Å². The number of benzene rings is 1. The van der Waals surface area contributed by atoms with Crippen molar-refractivity contribution in [1.29, 1.82) is 0 Å². The first-order chi connectivity index (χ1) is 7.93. The number of hydrogen-bond donors (Lipinski definition) is 1. The summed E-state index contributed by atoms with van der Waals surface area (Å²) in [5.74, 6) is 0.597. The average Bonchev–Trinajstić information content (AvgIpc) is 2.56. The third-order valence-electron chi connectivity index (χ3n) is 3.28. The summed E-state index contributed by atoms with van der Waals surface area (Å²) in [6.45, 7) is 7.58. The molecule has 17 heavy (non-hydrogen) atoms. The van der Waals surface area contributed by atoms with Gasteiger partial charge in [0.05, 0.1) is 11.0 Å². The lowest BCUT2D eigenvalue weighted by Crippen LogP contribution is -2.19. The van der Waals surface area contributed by atoms with E-state index in [2.05, 4.69) is 52.3 Å². The summed E-state index contributed by atoms with van der Waals surface area (Å²) in [5.41, 5.74) is 8.28. The van der Waals surface area contributed by atoms with E-state index in [1.165, 1.54) is 0 Å². The van der Waals surface area contributed by atoms with E-state index in [0.29, 0.717) is 5.95 Å². The second-order valence-corrected chi connectivity index (χ2v) is 6.12. The van der Waals surface area contributed by atoms with Gasteiger partial charge in [0.2, 0.25) is 5.95 Å². The van der Waals surface area contributed by atoms with Gasteiger partial charge in [-0.15, -0.1) is 0 Å². The van der Waals surface area contributed by atoms with Gasteiger partial charge in [0.15, 0.2) is 0 Å². The van der Waals surface area contributed by atoms with Gasteiger partial charge in [0, 0.05) is 11.0 Å². The summed E-state index contributed by atoms with van der Waals surface area (Å²) in [7, 11) is 0. The highest BCUT2D eigenvalue weighted by atomic mass is 79.9. The first-order valence-electron chi connectivity index (χ1n) is 5.84. The Hall–Kier alpha value is -1.03. The molecule has 1 aromatic carbocycles. The number of anilines is 1. The zero-order valence-electron chi connectivity index (χ0n) is 10.5. The number of aromatic nitrogens is 2. The first-order valence-corrected chi connectivity index (χ1v) is 6.63. The zero-order valence-corrected chi connectivity index (χ0v) is 12.1. The Morgan fingerprint density at radius 1 is 1.41 bits per heavy atom. The minimum atomic E-state index is 0.226. The Balaban J connectivity index is 2.52. The normalized spacial score (nSPS) is 12.2. The Morgan fingerprint density at radius 2 is 2.12 bits per heavy atom. The highest BCUT2D eigenvalue weighted by Gasteiger charge is 2.19. The molecule has 1 aromatic heterocycles. The standard InChI is InChI=1S/C13H18BrN3/c1-4-13(2,3)8-17-11-7-9(14)5-6-10(11)16-12(17)15/h5-7H,4,8H2,1-3H3,(H2,15,16). The highest BCUT2D eigenvalue weighted by Crippen LogP contribution is 2.28. The van der Waals surface area contributed by atoms with Crippen LogP contribution in [0, 0.1) is 5.41 Å². The molecule has 0 bridgehead atoms. The van der Waals surface area contributed by atoms with Crippen LogP contribution >= 0.6 is 15.9 Å². The van der Waals surface area contributed by atoms with Crippen LogP contribution in [0.5, 0.6) is 0 Å². The zero-order chi connectivity index (χ0) is 12.6. The van der Waals surface area contributed by atoms with Crippen LogP contribution in [0.3, 0.4) is 0 Å². The molecule has 0 saturated heterocycles. The maximum atomic E-state index is 6.00. The largest absolute Gasteiger partial charge is 0.369 e. The van der Waals surface area contributed by atoms with Gasteiger partial charge in [0.25, 0.3) is 0 Å². The molecule has 1 heterocycles. The van der Waals surface area contributed by atoms with Crippen LogP contribution in [0.25, 0.3) is 11.0 Å². The van der Waals surface area contributed by atoms with E-state index in [1.54, 1.807) is 0 Å². The summed E-state index contributed by atoms with van der Waals surface area (Å²) < 4.78 is 3.16. The molecule has 0 radical (unpaired) electrons. The molecule has 0 aliphatic heterocycles. The molecule has 0 amide bonds. The van der Waals surface area contributed by atoms with E-state index in [-0.39, 0.29) is 5.41 Å². The number of imidazole rings is 1. The van der Waals surface area contributed by atoms with Crippen molar-refractivity contribution in [1.82, 2.24) is 9.55 Å². The number of nitrogen functional groups attached to an aromatic ring is 1. The molecule has 0 fully saturated rings. The van der Waals surface area contributed by atoms with Crippen LogP contribution in [-0.2, 0) is 6.54 Å². The van der Waals surface area contributed by atoms with Crippen molar-refractivity contribution in [2.75, 3.05) is 5.73 Å². The quantitative estimate of drug-likeness (QED) is 0.935. The van der Waals surface area contributed by atoms with E-state index >= 15 is 0 Å². The number of rotatable bonds is 3. The van der Waals surface area contributed by atoms with E-state index in [1.807, 2.05) is 12.1 Å². The van der Waals surface area contributed by atoms with Gasteiger partial charge in [-0.25, -0.2) is 4.98 Å². The fourth-order valence-electron chi connectivity index (χ4n) is 1.82. The molecule has 2 N–H and O–H groups in total. The van der Waals surface area contributed by atoms with Gasteiger partial charge >= 0.3 is 0 Å². The number of nitrogens with two attached hydrogens (primary N) is 1. The molecule has 2 rings (SSSR count). The third-order valence-corrected chi connectivity index (χ3v) is 3.78. The fraction of sp³-hybridized carbons (Fsp3) is 0.462. The lowest BCUT2D eigenvalue weighted by Gasteiger charge is -2.24. The Labute approximate surface area is 110 Å². The smallest absolute Gasteiger partial charge is 0.201 e. The minimum Gasteiger partial charge on any atom is -0.369 e. The molecule has 92 valence electrons. The second-order valence-electron chi connectivity index (χ2n) is 5.21. The summed E-state index contributed by atoms with van der Waals surface area (Å²) in [6.07, 6.45) is 1.11. The van der Waals surface area contributed by atoms with Crippen molar-refractivity contribution in [2.24, 2.45) is 5.41 Å². The molecular weight excluding hydrogens is 278 g/mol. The lowest BCUT2D eigenvalue weighted by atomic mass is 9.90. The van der Waals surface area contributed by atoms with E-state index < -0.39 is 0 Å². The third kappa shape index (κ3) is 2.46. The Morgan fingerprint density at radius 3 is 2.76 bits per heavy atom. The Bertz CT molecular complexity index is 543. The minimum absolute atomic E-state index is 0.226. The maximum absolute atomic E-state index is 6.00. The van der Waals surface area contributed by atoms with Gasteiger partial charge in [-0.2, -0.15) is 0 Å². The first kappa shape index (κ1) is 12.4. The van der Waals surface area contributed by atoms with Crippen LogP contribution < -0.4 is 5.73 Å². The Kier molecular flexibility index (Phi) is 3.17. The SMILES string of the molecule is CCC(C)(C)Cn1c(N)nc2ccc(Br)cc21. The maximum Gasteiger partial charge on any atom is 0.201 e. The topological polar surface area (TPSA) is 43.8 Å². The summed E-state index contributed by atoms with van der Waals surface area (Å²) in [5, 5.41) is 0. The molecule has 0 saturated carbocycles. The van der Waals surface area contributed by atoms with Crippen molar-refractivity contribution >= 4 is 32.9 Å². The van der Waals surface area contributed by atoms with E-state index in [9.17, 15) is 0 Å². The van der Waals surface area contributed by atoms with Crippen LogP contribution in [-0.4, -0.2) is 9.55 Å². The molecule has 3 nitrogen and oxygen atoms in total. The lowest BCUT2D eigenvalue weighted by molar-refractivity contribution is 0.300. The fourth-order valence-corrected chi connectivity index (χ4v) is 2.17. The molecule has 0 spiro atoms. The summed E-state index contributed by atoms with van der Waals surface area (Å²) in [6, 6.07) is 6.06. The van der Waals surface area contributed by atoms with E-state index in [4.69, 9.17) is 5.73 Å². The second kappa shape index (κ2) is 4.33. The van der Waals surface area contributed by atoms with Crippen molar-refractivity contribution in [3.8, 4) is 0 Å². The van der Waals surface area contributed by atoms with Crippen molar-refractivity contribution in [2.45, 2.75) is 33.7 Å². The van der Waals surface area contributed by atoms with Gasteiger partial charge in [0.1, 0.15) is 0 Å². The van der Waals surface area contributed by atoms with Crippen molar-refractivity contribution in [3.63, 3.8) is 0 Å². The molecule has 0 unspecified atom stereocenters. The van der Waals surface area contributed by atoms with Gasteiger partial charge in [-0.3, -0.25) is 0 Å². The van der Waals surface area contributed by atoms with Crippen LogP contribution in [0.2, 0.25) is 0 Å². The van der Waals surface area contributed by atoms with E-state index in [0.717, 1.165) is 28.5 Å². The van der Waals surface area contributed by atoms with Crippen molar-refractivity contribution in [3.05, 3.63) is 22.7 Å². The molecule has 4 heteroatoms. The summed E-state index contributed by atoms with van der Waals surface area (Å²) in [4.78, 5) is 4.39. The molecule has 0 aliphatic rings. The monoisotopic (exact) mass is 295 g/mol. The van der Waals surface area contributed by atoms with Crippen LogP contribution in [0.4, 0.5) is 5.95 Å². The predicted octanol–water partition coefficient (Wildman–Crippen LogP) is 3.82. The van der Waals surface area contributed by atoms with Gasteiger partial charge in [-0.05, 0) is 30.0 Å².